The van der Waals surface area contributed by atoms with E-state index >= 15 is 0 Å². The van der Waals surface area contributed by atoms with E-state index in [2.05, 4.69) is 13.8 Å². The number of ether oxygens (including phenoxy) is 1. The SMILES string of the molecule is CCCCCCCCCCCCCCCCCCCCCCCCCCCCCCCCC(CCCCCCCCCC)OC(=O)c1ccccc1C(=O)O. The third kappa shape index (κ3) is 32.9. The number of carbonyl (C=O) groups excluding carboxylic acids is 1. The van der Waals surface area contributed by atoms with E-state index in [1.165, 1.54) is 237 Å². The molecule has 0 bridgehead atoms. The fraction of sp³-hybridized carbons (Fsp3) is 0.843. The number of esters is 1. The molecule has 4 heteroatoms. The summed E-state index contributed by atoms with van der Waals surface area (Å²) in [5.41, 5.74) is 0.186. The van der Waals surface area contributed by atoms with Crippen LogP contribution in [0.1, 0.15) is 291 Å². The van der Waals surface area contributed by atoms with Crippen molar-refractivity contribution in [2.75, 3.05) is 0 Å². The standard InChI is InChI=1S/C51H92O4/c1-3-5-7-9-11-13-14-15-16-17-18-19-20-21-22-23-24-25-26-27-28-29-30-31-32-33-34-36-38-40-44-47(43-39-37-35-12-10-8-6-4-2)55-51(54)49-46-42-41-45-48(49)50(52)53/h41-42,45-47H,3-40,43-44H2,1-2H3,(H,52,53). The third-order valence-electron chi connectivity index (χ3n) is 11.9. The van der Waals surface area contributed by atoms with Crippen LogP contribution < -0.4 is 0 Å². The number of unbranched alkanes of at least 4 members (excludes halogenated alkanes) is 36. The smallest absolute Gasteiger partial charge is 0.339 e. The zero-order valence-corrected chi connectivity index (χ0v) is 36.8. The van der Waals surface area contributed by atoms with Crippen molar-refractivity contribution in [2.24, 2.45) is 0 Å². The van der Waals surface area contributed by atoms with E-state index in [1.54, 1.807) is 18.2 Å². The number of benzene rings is 1. The summed E-state index contributed by atoms with van der Waals surface area (Å²) in [6, 6.07) is 6.42. The van der Waals surface area contributed by atoms with Crippen LogP contribution in [0.2, 0.25) is 0 Å². The molecule has 320 valence electrons. The molecule has 1 aromatic carbocycles. The Bertz CT molecular complexity index is 973. The first-order valence-corrected chi connectivity index (χ1v) is 24.6. The maximum Gasteiger partial charge on any atom is 0.339 e. The normalized spacial score (nSPS) is 12.0. The van der Waals surface area contributed by atoms with Gasteiger partial charge >= 0.3 is 11.9 Å². The summed E-state index contributed by atoms with van der Waals surface area (Å²) in [5.74, 6) is -1.58. The number of hydrogen-bond acceptors (Lipinski definition) is 3. The zero-order valence-electron chi connectivity index (χ0n) is 36.8. The van der Waals surface area contributed by atoms with Crippen molar-refractivity contribution in [2.45, 2.75) is 277 Å². The van der Waals surface area contributed by atoms with Crippen LogP contribution in [0.15, 0.2) is 24.3 Å². The Morgan fingerprint density at radius 3 is 0.891 bits per heavy atom. The number of rotatable bonds is 43. The molecule has 0 aliphatic rings. The van der Waals surface area contributed by atoms with Gasteiger partial charge in [-0.1, -0.05) is 257 Å². The molecular formula is C51H92O4. The second-order valence-corrected chi connectivity index (χ2v) is 17.2. The van der Waals surface area contributed by atoms with Crippen LogP contribution in [0.25, 0.3) is 0 Å². The van der Waals surface area contributed by atoms with E-state index in [1.807, 2.05) is 0 Å². The van der Waals surface area contributed by atoms with Crippen molar-refractivity contribution in [1.82, 2.24) is 0 Å². The quantitative estimate of drug-likeness (QED) is 0.0531. The molecule has 0 aromatic heterocycles. The monoisotopic (exact) mass is 769 g/mol. The van der Waals surface area contributed by atoms with E-state index in [9.17, 15) is 14.7 Å². The molecule has 55 heavy (non-hydrogen) atoms. The molecule has 0 saturated carbocycles. The van der Waals surface area contributed by atoms with Crippen molar-refractivity contribution >= 4 is 11.9 Å². The van der Waals surface area contributed by atoms with Gasteiger partial charge in [-0.2, -0.15) is 0 Å². The van der Waals surface area contributed by atoms with Gasteiger partial charge in [0.15, 0.2) is 0 Å². The minimum Gasteiger partial charge on any atom is -0.478 e. The summed E-state index contributed by atoms with van der Waals surface area (Å²) in [6.07, 6.45) is 53.8. The molecule has 0 saturated heterocycles. The van der Waals surface area contributed by atoms with Crippen LogP contribution in [0, 0.1) is 0 Å². The fourth-order valence-corrected chi connectivity index (χ4v) is 8.23. The minimum atomic E-state index is -1.08. The number of carboxylic acids is 1. The lowest BCUT2D eigenvalue weighted by atomic mass is 10.0. The van der Waals surface area contributed by atoms with Crippen molar-refractivity contribution in [3.05, 3.63) is 35.4 Å². The summed E-state index contributed by atoms with van der Waals surface area (Å²) >= 11 is 0. The maximum atomic E-state index is 13.0. The molecule has 1 unspecified atom stereocenters. The summed E-state index contributed by atoms with van der Waals surface area (Å²) < 4.78 is 5.95. The lowest BCUT2D eigenvalue weighted by Gasteiger charge is -2.19. The summed E-state index contributed by atoms with van der Waals surface area (Å²) in [7, 11) is 0. The highest BCUT2D eigenvalue weighted by Crippen LogP contribution is 2.21. The van der Waals surface area contributed by atoms with Gasteiger partial charge in [-0.3, -0.25) is 0 Å². The van der Waals surface area contributed by atoms with Crippen LogP contribution in [0.4, 0.5) is 0 Å². The Hall–Kier alpha value is -1.84. The molecule has 0 radical (unpaired) electrons. The van der Waals surface area contributed by atoms with E-state index < -0.39 is 11.9 Å². The topological polar surface area (TPSA) is 63.6 Å². The molecule has 1 aromatic rings. The first-order valence-electron chi connectivity index (χ1n) is 24.6. The van der Waals surface area contributed by atoms with E-state index in [0.29, 0.717) is 0 Å². The Morgan fingerprint density at radius 2 is 0.636 bits per heavy atom. The van der Waals surface area contributed by atoms with Gasteiger partial charge in [0.25, 0.3) is 0 Å². The van der Waals surface area contributed by atoms with Crippen molar-refractivity contribution in [1.29, 1.82) is 0 Å². The van der Waals surface area contributed by atoms with Gasteiger partial charge in [0.05, 0.1) is 11.1 Å². The minimum absolute atomic E-state index is 0.0224. The van der Waals surface area contributed by atoms with Gasteiger partial charge in [0, 0.05) is 0 Å². The largest absolute Gasteiger partial charge is 0.478 e. The highest BCUT2D eigenvalue weighted by atomic mass is 16.5. The van der Waals surface area contributed by atoms with E-state index in [0.717, 1.165) is 25.7 Å². The molecule has 4 nitrogen and oxygen atoms in total. The Balaban J connectivity index is 1.97. The first kappa shape index (κ1) is 51.2. The molecule has 0 fully saturated rings. The molecule has 0 spiro atoms. The lowest BCUT2D eigenvalue weighted by Crippen LogP contribution is -2.20. The number of carbonyl (C=O) groups is 2. The summed E-state index contributed by atoms with van der Waals surface area (Å²) in [6.45, 7) is 4.55. The second-order valence-electron chi connectivity index (χ2n) is 17.2. The zero-order chi connectivity index (χ0) is 39.7. The summed E-state index contributed by atoms with van der Waals surface area (Å²) in [4.78, 5) is 24.7. The average Bonchev–Trinajstić information content (AvgIpc) is 3.19. The number of hydrogen-bond donors (Lipinski definition) is 1. The van der Waals surface area contributed by atoms with Gasteiger partial charge in [-0.05, 0) is 37.8 Å². The second kappa shape index (κ2) is 40.4. The Morgan fingerprint density at radius 1 is 0.400 bits per heavy atom. The maximum absolute atomic E-state index is 13.0. The van der Waals surface area contributed by atoms with Crippen LogP contribution in [0.3, 0.4) is 0 Å². The van der Waals surface area contributed by atoms with Gasteiger partial charge in [-0.15, -0.1) is 0 Å². The fourth-order valence-electron chi connectivity index (χ4n) is 8.23. The average molecular weight is 769 g/mol. The van der Waals surface area contributed by atoms with Gasteiger partial charge in [0.1, 0.15) is 6.10 Å². The van der Waals surface area contributed by atoms with E-state index in [4.69, 9.17) is 4.74 Å². The van der Waals surface area contributed by atoms with Crippen molar-refractivity contribution in [3.63, 3.8) is 0 Å². The van der Waals surface area contributed by atoms with Crippen molar-refractivity contribution in [3.8, 4) is 0 Å². The number of aromatic carboxylic acids is 1. The van der Waals surface area contributed by atoms with E-state index in [-0.39, 0.29) is 17.2 Å². The lowest BCUT2D eigenvalue weighted by molar-refractivity contribution is 0.0244. The molecule has 0 amide bonds. The van der Waals surface area contributed by atoms with Gasteiger partial charge in [0.2, 0.25) is 0 Å². The highest BCUT2D eigenvalue weighted by molar-refractivity contribution is 6.02. The first-order chi connectivity index (χ1) is 27.1. The van der Waals surface area contributed by atoms with Gasteiger partial charge in [-0.25, -0.2) is 9.59 Å². The van der Waals surface area contributed by atoms with Crippen LogP contribution >= 0.6 is 0 Å². The molecule has 1 N–H and O–H groups in total. The molecule has 1 rings (SSSR count). The van der Waals surface area contributed by atoms with Crippen LogP contribution in [-0.4, -0.2) is 23.1 Å². The van der Waals surface area contributed by atoms with Crippen LogP contribution in [-0.2, 0) is 4.74 Å². The van der Waals surface area contributed by atoms with Crippen LogP contribution in [0.5, 0.6) is 0 Å². The Kier molecular flexibility index (Phi) is 37.6. The molecule has 0 heterocycles. The highest BCUT2D eigenvalue weighted by Gasteiger charge is 2.21. The predicted octanol–water partition coefficient (Wildman–Crippen LogP) is 17.6. The van der Waals surface area contributed by atoms with Crippen molar-refractivity contribution < 1.29 is 19.4 Å². The van der Waals surface area contributed by atoms with Gasteiger partial charge < -0.3 is 9.84 Å². The Labute approximate surface area is 342 Å². The summed E-state index contributed by atoms with van der Waals surface area (Å²) in [5, 5.41) is 9.54. The molecule has 0 aliphatic heterocycles. The molecule has 0 aliphatic carbocycles. The molecular weight excluding hydrogens is 677 g/mol. The number of carboxylic acid groups (broad SMARTS) is 1. The molecule has 1 atom stereocenters. The third-order valence-corrected chi connectivity index (χ3v) is 11.9. The predicted molar refractivity (Wildman–Crippen MR) is 239 cm³/mol.